The normalized spacial score (nSPS) is 20.4. The van der Waals surface area contributed by atoms with Gasteiger partial charge < -0.3 is 10.4 Å². The number of pyridine rings is 1. The monoisotopic (exact) mass is 549 g/mol. The van der Waals surface area contributed by atoms with Crippen LogP contribution in [0.1, 0.15) is 59.6 Å². The Kier molecular flexibility index (Phi) is 6.54. The lowest BCUT2D eigenvalue weighted by Crippen LogP contribution is -2.53. The SMILES string of the molecule is O=C(O)c1ccc(NC(=O)C(CC23CC(C2)C3)c2ccc(-c3c(C(F)F)ccc(Cl)c3F)c[n+]2O)cc1F. The zero-order chi connectivity index (χ0) is 27.4. The summed E-state index contributed by atoms with van der Waals surface area (Å²) in [6, 6.07) is 7.90. The third kappa shape index (κ3) is 4.57. The van der Waals surface area contributed by atoms with Crippen LogP contribution in [0.3, 0.4) is 0 Å². The molecule has 6 nitrogen and oxygen atoms in total. The standard InChI is InChI=1S/C27H21ClF4N2O4/c28-19-5-4-17(24(31)32)22(23(19)30)14-1-6-21(34(38)12-14)18(11-27-8-13(9-27)10-27)25(35)33-15-2-3-16(26(36)37)20(29)7-15/h1-7,12-13,18,24H,8-11H2,(H2-,33,35,36,37,38)/p+1. The number of carbonyl (C=O) groups is 2. The predicted molar refractivity (Wildman–Crippen MR) is 128 cm³/mol. The van der Waals surface area contributed by atoms with Crippen molar-refractivity contribution in [1.82, 2.24) is 0 Å². The van der Waals surface area contributed by atoms with Gasteiger partial charge in [0.15, 0.2) is 0 Å². The molecule has 1 atom stereocenters. The quantitative estimate of drug-likeness (QED) is 0.173. The molecule has 1 amide bonds. The number of rotatable bonds is 8. The van der Waals surface area contributed by atoms with Crippen molar-refractivity contribution < 1.29 is 42.2 Å². The molecule has 38 heavy (non-hydrogen) atoms. The van der Waals surface area contributed by atoms with Gasteiger partial charge in [0.1, 0.15) is 17.6 Å². The molecule has 3 N–H and O–H groups in total. The van der Waals surface area contributed by atoms with E-state index in [2.05, 4.69) is 5.32 Å². The highest BCUT2D eigenvalue weighted by atomic mass is 35.5. The molecule has 1 unspecified atom stereocenters. The molecule has 11 heteroatoms. The molecule has 2 aromatic carbocycles. The van der Waals surface area contributed by atoms with Crippen molar-refractivity contribution in [3.05, 3.63) is 82.1 Å². The van der Waals surface area contributed by atoms with Crippen molar-refractivity contribution >= 4 is 29.2 Å². The van der Waals surface area contributed by atoms with E-state index in [1.807, 2.05) is 0 Å². The summed E-state index contributed by atoms with van der Waals surface area (Å²) in [4.78, 5) is 24.5. The second kappa shape index (κ2) is 9.58. The minimum absolute atomic E-state index is 0.0313. The number of carboxylic acids is 1. The van der Waals surface area contributed by atoms with Crippen LogP contribution in [0.5, 0.6) is 0 Å². The van der Waals surface area contributed by atoms with E-state index in [1.54, 1.807) is 0 Å². The van der Waals surface area contributed by atoms with Crippen molar-refractivity contribution in [2.45, 2.75) is 38.0 Å². The van der Waals surface area contributed by atoms with E-state index in [4.69, 9.17) is 16.7 Å². The van der Waals surface area contributed by atoms with Crippen LogP contribution in [0.2, 0.25) is 5.02 Å². The molecule has 3 fully saturated rings. The Hall–Kier alpha value is -3.66. The first-order valence-corrected chi connectivity index (χ1v) is 12.2. The molecular weight excluding hydrogens is 528 g/mol. The number of benzene rings is 2. The number of hydrogen-bond donors (Lipinski definition) is 3. The van der Waals surface area contributed by atoms with Gasteiger partial charge in [-0.2, -0.15) is 0 Å². The van der Waals surface area contributed by atoms with E-state index in [0.29, 0.717) is 17.1 Å². The molecule has 198 valence electrons. The van der Waals surface area contributed by atoms with Gasteiger partial charge in [-0.25, -0.2) is 22.4 Å². The van der Waals surface area contributed by atoms with Crippen LogP contribution in [0.4, 0.5) is 23.2 Å². The first kappa shape index (κ1) is 26.0. The maximum absolute atomic E-state index is 14.8. The smallest absolute Gasteiger partial charge is 0.338 e. The van der Waals surface area contributed by atoms with Gasteiger partial charge in [-0.1, -0.05) is 17.7 Å². The van der Waals surface area contributed by atoms with Gasteiger partial charge in [-0.05, 0) is 67.3 Å². The Morgan fingerprint density at radius 1 is 1.11 bits per heavy atom. The summed E-state index contributed by atoms with van der Waals surface area (Å²) in [6.07, 6.45) is 1.23. The highest BCUT2D eigenvalue weighted by Crippen LogP contribution is 2.67. The maximum Gasteiger partial charge on any atom is 0.338 e. The number of hydrogen-bond acceptors (Lipinski definition) is 3. The summed E-state index contributed by atoms with van der Waals surface area (Å²) in [5, 5.41) is 22.1. The van der Waals surface area contributed by atoms with Gasteiger partial charge in [0.05, 0.1) is 16.1 Å². The van der Waals surface area contributed by atoms with Crippen LogP contribution in [-0.2, 0) is 4.79 Å². The lowest BCUT2D eigenvalue weighted by molar-refractivity contribution is -0.909. The number of nitrogens with zero attached hydrogens (tertiary/aromatic N) is 1. The van der Waals surface area contributed by atoms with E-state index in [1.165, 1.54) is 18.2 Å². The Morgan fingerprint density at radius 3 is 2.37 bits per heavy atom. The number of alkyl halides is 2. The molecule has 6 rings (SSSR count). The van der Waals surface area contributed by atoms with Gasteiger partial charge in [0, 0.05) is 27.6 Å². The summed E-state index contributed by atoms with van der Waals surface area (Å²) >= 11 is 5.82. The number of carboxylic acid groups (broad SMARTS) is 1. The van der Waals surface area contributed by atoms with Gasteiger partial charge in [0.2, 0.25) is 17.8 Å². The van der Waals surface area contributed by atoms with Crippen molar-refractivity contribution in [3.63, 3.8) is 0 Å². The van der Waals surface area contributed by atoms with Gasteiger partial charge in [-0.15, -0.1) is 0 Å². The molecular formula is C27H22ClF4N2O4+. The summed E-state index contributed by atoms with van der Waals surface area (Å²) in [5.41, 5.74) is -1.59. The Bertz CT molecular complexity index is 1450. The lowest BCUT2D eigenvalue weighted by Gasteiger charge is -2.62. The maximum atomic E-state index is 14.8. The van der Waals surface area contributed by atoms with E-state index >= 15 is 0 Å². The highest BCUT2D eigenvalue weighted by Gasteiger charge is 2.58. The fourth-order valence-corrected chi connectivity index (χ4v) is 5.79. The van der Waals surface area contributed by atoms with Crippen LogP contribution >= 0.6 is 11.6 Å². The van der Waals surface area contributed by atoms with E-state index < -0.39 is 52.5 Å². The molecule has 3 saturated carbocycles. The summed E-state index contributed by atoms with van der Waals surface area (Å²) in [5.74, 6) is -4.42. The van der Waals surface area contributed by atoms with Crippen molar-refractivity contribution in [3.8, 4) is 11.1 Å². The minimum atomic E-state index is -3.00. The van der Waals surface area contributed by atoms with Gasteiger partial charge in [-0.3, -0.25) is 10.0 Å². The third-order valence-electron chi connectivity index (χ3n) is 7.55. The van der Waals surface area contributed by atoms with Crippen LogP contribution in [0.25, 0.3) is 11.1 Å². The molecule has 3 aliphatic carbocycles. The molecule has 1 heterocycles. The second-order valence-corrected chi connectivity index (χ2v) is 10.4. The average molecular weight is 550 g/mol. The number of anilines is 1. The lowest BCUT2D eigenvalue weighted by atomic mass is 9.42. The topological polar surface area (TPSA) is 90.5 Å². The zero-order valence-electron chi connectivity index (χ0n) is 19.7. The summed E-state index contributed by atoms with van der Waals surface area (Å²) in [7, 11) is 0. The van der Waals surface area contributed by atoms with Crippen molar-refractivity contribution in [1.29, 1.82) is 0 Å². The summed E-state index contributed by atoms with van der Waals surface area (Å²) < 4.78 is 56.7. The Morgan fingerprint density at radius 2 is 1.82 bits per heavy atom. The average Bonchev–Trinajstić information content (AvgIpc) is 2.79. The zero-order valence-corrected chi connectivity index (χ0v) is 20.5. The first-order chi connectivity index (χ1) is 18.0. The fourth-order valence-electron chi connectivity index (χ4n) is 5.63. The number of aromatic nitrogens is 1. The first-order valence-electron chi connectivity index (χ1n) is 11.8. The van der Waals surface area contributed by atoms with E-state index in [9.17, 15) is 32.4 Å². The second-order valence-electron chi connectivity index (χ2n) is 10.0. The Labute approximate surface area is 219 Å². The Balaban J connectivity index is 1.49. The van der Waals surface area contributed by atoms with Crippen molar-refractivity contribution in [2.75, 3.05) is 5.32 Å². The van der Waals surface area contributed by atoms with Crippen LogP contribution in [-0.4, -0.2) is 22.2 Å². The molecule has 2 bridgehead atoms. The number of amides is 1. The molecule has 3 aliphatic rings. The highest BCUT2D eigenvalue weighted by molar-refractivity contribution is 6.31. The molecule has 0 spiro atoms. The van der Waals surface area contributed by atoms with Crippen LogP contribution < -0.4 is 10.0 Å². The predicted octanol–water partition coefficient (Wildman–Crippen LogP) is 6.36. The summed E-state index contributed by atoms with van der Waals surface area (Å²) in [6.45, 7) is 0. The van der Waals surface area contributed by atoms with Crippen LogP contribution in [0, 0.1) is 23.0 Å². The molecule has 0 radical (unpaired) electrons. The third-order valence-corrected chi connectivity index (χ3v) is 7.85. The van der Waals surface area contributed by atoms with Gasteiger partial charge >= 0.3 is 5.97 Å². The fraction of sp³-hybridized carbons (Fsp3) is 0.296. The molecule has 0 aliphatic heterocycles. The van der Waals surface area contributed by atoms with E-state index in [0.717, 1.165) is 49.7 Å². The number of carbonyl (C=O) groups excluding carboxylic acids is 1. The number of aromatic carboxylic acids is 1. The molecule has 1 aromatic heterocycles. The van der Waals surface area contributed by atoms with Crippen LogP contribution in [0.15, 0.2) is 48.7 Å². The number of halogens is 5. The molecule has 0 saturated heterocycles. The van der Waals surface area contributed by atoms with Crippen molar-refractivity contribution in [2.24, 2.45) is 11.3 Å². The van der Waals surface area contributed by atoms with E-state index in [-0.39, 0.29) is 27.4 Å². The van der Waals surface area contributed by atoms with Gasteiger partial charge in [0.25, 0.3) is 6.43 Å². The largest absolute Gasteiger partial charge is 0.478 e. The molecule has 3 aromatic rings. The minimum Gasteiger partial charge on any atom is -0.478 e. The number of nitrogens with one attached hydrogen (secondary N) is 1.